The number of anilines is 1. The number of piperidine rings is 1. The molecule has 1 fully saturated rings. The minimum atomic E-state index is -0.140. The molecule has 1 aliphatic heterocycles. The predicted octanol–water partition coefficient (Wildman–Crippen LogP) is 2.32. The minimum Gasteiger partial charge on any atom is -0.339 e. The number of carbonyl (C=O) groups is 2. The Morgan fingerprint density at radius 2 is 2.00 bits per heavy atom. The molecular weight excluding hydrogens is 342 g/mol. The number of nitrogens with one attached hydrogen (secondary N) is 1. The fourth-order valence-electron chi connectivity index (χ4n) is 2.80. The highest BCUT2D eigenvalue weighted by Crippen LogP contribution is 2.21. The van der Waals surface area contributed by atoms with Crippen LogP contribution in [0.15, 0.2) is 30.6 Å². The Bertz CT molecular complexity index is 773. The summed E-state index contributed by atoms with van der Waals surface area (Å²) in [5.74, 6) is 0.185. The number of hydrogen-bond acceptors (Lipinski definition) is 5. The average molecular weight is 360 g/mol. The maximum atomic E-state index is 12.5. The summed E-state index contributed by atoms with van der Waals surface area (Å²) in [6.07, 6.45) is 4.19. The molecule has 2 aromatic rings. The summed E-state index contributed by atoms with van der Waals surface area (Å²) in [6, 6.07) is 5.06. The third-order valence-electron chi connectivity index (χ3n) is 4.16. The molecule has 2 amide bonds. The van der Waals surface area contributed by atoms with Gasteiger partial charge in [0, 0.05) is 25.2 Å². The molecule has 1 aliphatic rings. The first-order chi connectivity index (χ1) is 12.0. The summed E-state index contributed by atoms with van der Waals surface area (Å²) < 4.78 is 0. The van der Waals surface area contributed by atoms with Crippen molar-refractivity contribution < 1.29 is 9.59 Å². The van der Waals surface area contributed by atoms with Gasteiger partial charge < -0.3 is 10.2 Å². The van der Waals surface area contributed by atoms with Crippen molar-refractivity contribution >= 4 is 29.2 Å². The van der Waals surface area contributed by atoms with Crippen LogP contribution in [0.5, 0.6) is 0 Å². The van der Waals surface area contributed by atoms with E-state index in [4.69, 9.17) is 11.6 Å². The Kier molecular flexibility index (Phi) is 5.23. The van der Waals surface area contributed by atoms with Crippen LogP contribution in [0.1, 0.15) is 28.9 Å². The van der Waals surface area contributed by atoms with Crippen molar-refractivity contribution in [3.8, 4) is 0 Å². The molecular formula is C17H18ClN5O2. The maximum absolute atomic E-state index is 12.5. The third kappa shape index (κ3) is 4.30. The highest BCUT2D eigenvalue weighted by atomic mass is 35.5. The largest absolute Gasteiger partial charge is 0.339 e. The van der Waals surface area contributed by atoms with E-state index in [2.05, 4.69) is 20.5 Å². The summed E-state index contributed by atoms with van der Waals surface area (Å²) in [5, 5.41) is 11.0. The second-order valence-electron chi connectivity index (χ2n) is 6.00. The zero-order valence-corrected chi connectivity index (χ0v) is 14.5. The maximum Gasteiger partial charge on any atom is 0.255 e. The van der Waals surface area contributed by atoms with Gasteiger partial charge in [-0.05, 0) is 38.0 Å². The van der Waals surface area contributed by atoms with Gasteiger partial charge in [0.15, 0.2) is 0 Å². The van der Waals surface area contributed by atoms with Crippen molar-refractivity contribution in [3.63, 3.8) is 0 Å². The van der Waals surface area contributed by atoms with E-state index in [9.17, 15) is 9.59 Å². The number of carbonyl (C=O) groups excluding carboxylic acids is 2. The number of nitrogens with zero attached hydrogens (tertiary/aromatic N) is 4. The number of hydrogen-bond donors (Lipinski definition) is 1. The molecule has 0 unspecified atom stereocenters. The zero-order chi connectivity index (χ0) is 17.8. The SMILES string of the molecule is Cc1cc(C(=O)N2CCC(C(=O)Nc3ccc(Cl)cn3)CC2)cnn1. The summed E-state index contributed by atoms with van der Waals surface area (Å²) in [7, 11) is 0. The van der Waals surface area contributed by atoms with Crippen LogP contribution in [0.3, 0.4) is 0 Å². The van der Waals surface area contributed by atoms with E-state index in [0.29, 0.717) is 48.0 Å². The molecule has 8 heteroatoms. The molecule has 0 saturated carbocycles. The number of likely N-dealkylation sites (tertiary alicyclic amines) is 1. The lowest BCUT2D eigenvalue weighted by molar-refractivity contribution is -0.121. The van der Waals surface area contributed by atoms with Gasteiger partial charge in [-0.3, -0.25) is 9.59 Å². The molecule has 0 bridgehead atoms. The molecule has 2 aromatic heterocycles. The lowest BCUT2D eigenvalue weighted by Crippen LogP contribution is -2.41. The Hall–Kier alpha value is -2.54. The highest BCUT2D eigenvalue weighted by Gasteiger charge is 2.28. The number of amides is 2. The van der Waals surface area contributed by atoms with E-state index in [-0.39, 0.29) is 17.7 Å². The fraction of sp³-hybridized carbons (Fsp3) is 0.353. The standard InChI is InChI=1S/C17H18ClN5O2/c1-11-8-13(9-20-22-11)17(25)23-6-4-12(5-7-23)16(24)21-15-3-2-14(18)10-19-15/h2-3,8-10,12H,4-7H2,1H3,(H,19,21,24). The molecule has 130 valence electrons. The molecule has 1 saturated heterocycles. The van der Waals surface area contributed by atoms with Crippen LogP contribution in [-0.2, 0) is 4.79 Å². The van der Waals surface area contributed by atoms with Crippen molar-refractivity contribution in [2.24, 2.45) is 5.92 Å². The van der Waals surface area contributed by atoms with E-state index in [1.54, 1.807) is 30.0 Å². The fourth-order valence-corrected chi connectivity index (χ4v) is 2.91. The highest BCUT2D eigenvalue weighted by molar-refractivity contribution is 6.30. The lowest BCUT2D eigenvalue weighted by atomic mass is 9.95. The molecule has 1 N–H and O–H groups in total. The first-order valence-corrected chi connectivity index (χ1v) is 8.42. The van der Waals surface area contributed by atoms with Crippen molar-refractivity contribution in [1.29, 1.82) is 0 Å². The molecule has 0 spiro atoms. The van der Waals surface area contributed by atoms with Crippen LogP contribution in [0.4, 0.5) is 5.82 Å². The van der Waals surface area contributed by atoms with Crippen LogP contribution >= 0.6 is 11.6 Å². The van der Waals surface area contributed by atoms with Gasteiger partial charge in [-0.2, -0.15) is 10.2 Å². The van der Waals surface area contributed by atoms with Gasteiger partial charge >= 0.3 is 0 Å². The Balaban J connectivity index is 1.55. The molecule has 0 atom stereocenters. The molecule has 7 nitrogen and oxygen atoms in total. The third-order valence-corrected chi connectivity index (χ3v) is 4.38. The number of rotatable bonds is 3. The van der Waals surface area contributed by atoms with E-state index in [0.717, 1.165) is 0 Å². The molecule has 3 heterocycles. The van der Waals surface area contributed by atoms with Gasteiger partial charge in [-0.25, -0.2) is 4.98 Å². The van der Waals surface area contributed by atoms with Gasteiger partial charge in [0.25, 0.3) is 5.91 Å². The monoisotopic (exact) mass is 359 g/mol. The minimum absolute atomic E-state index is 0.0729. The second kappa shape index (κ2) is 7.57. The van der Waals surface area contributed by atoms with E-state index in [1.165, 1.54) is 12.4 Å². The van der Waals surface area contributed by atoms with Crippen LogP contribution in [0, 0.1) is 12.8 Å². The van der Waals surface area contributed by atoms with Gasteiger partial charge in [-0.15, -0.1) is 0 Å². The number of aromatic nitrogens is 3. The van der Waals surface area contributed by atoms with E-state index < -0.39 is 0 Å². The van der Waals surface area contributed by atoms with Crippen LogP contribution < -0.4 is 5.32 Å². The topological polar surface area (TPSA) is 88.1 Å². The predicted molar refractivity (Wildman–Crippen MR) is 93.3 cm³/mol. The van der Waals surface area contributed by atoms with Gasteiger partial charge in [-0.1, -0.05) is 11.6 Å². The van der Waals surface area contributed by atoms with Crippen molar-refractivity contribution in [2.75, 3.05) is 18.4 Å². The lowest BCUT2D eigenvalue weighted by Gasteiger charge is -2.31. The molecule has 0 radical (unpaired) electrons. The summed E-state index contributed by atoms with van der Waals surface area (Å²) in [5.41, 5.74) is 1.23. The molecule has 25 heavy (non-hydrogen) atoms. The smallest absolute Gasteiger partial charge is 0.255 e. The molecule has 0 aromatic carbocycles. The second-order valence-corrected chi connectivity index (χ2v) is 6.44. The van der Waals surface area contributed by atoms with Crippen molar-refractivity contribution in [1.82, 2.24) is 20.1 Å². The Morgan fingerprint density at radius 3 is 2.64 bits per heavy atom. The number of halogens is 1. The van der Waals surface area contributed by atoms with Gasteiger partial charge in [0.05, 0.1) is 22.5 Å². The molecule has 3 rings (SSSR count). The number of pyridine rings is 1. The number of aryl methyl sites for hydroxylation is 1. The van der Waals surface area contributed by atoms with Crippen LogP contribution in [0.25, 0.3) is 0 Å². The Labute approximate surface area is 150 Å². The summed E-state index contributed by atoms with van der Waals surface area (Å²) in [4.78, 5) is 30.6. The van der Waals surface area contributed by atoms with E-state index >= 15 is 0 Å². The first kappa shape index (κ1) is 17.3. The quantitative estimate of drug-likeness (QED) is 0.908. The van der Waals surface area contributed by atoms with Crippen LogP contribution in [0.2, 0.25) is 5.02 Å². The zero-order valence-electron chi connectivity index (χ0n) is 13.8. The van der Waals surface area contributed by atoms with Gasteiger partial charge in [0.1, 0.15) is 5.82 Å². The van der Waals surface area contributed by atoms with E-state index in [1.807, 2.05) is 0 Å². The average Bonchev–Trinajstić information content (AvgIpc) is 2.63. The first-order valence-electron chi connectivity index (χ1n) is 8.04. The van der Waals surface area contributed by atoms with Crippen LogP contribution in [-0.4, -0.2) is 45.0 Å². The van der Waals surface area contributed by atoms with Crippen molar-refractivity contribution in [3.05, 3.63) is 46.9 Å². The van der Waals surface area contributed by atoms with Crippen molar-refractivity contribution in [2.45, 2.75) is 19.8 Å². The normalized spacial score (nSPS) is 15.0. The van der Waals surface area contributed by atoms with Gasteiger partial charge in [0.2, 0.25) is 5.91 Å². The molecule has 0 aliphatic carbocycles. The summed E-state index contributed by atoms with van der Waals surface area (Å²) in [6.45, 7) is 2.86. The Morgan fingerprint density at radius 1 is 1.24 bits per heavy atom. The summed E-state index contributed by atoms with van der Waals surface area (Å²) >= 11 is 5.78.